The van der Waals surface area contributed by atoms with E-state index < -0.39 is 0 Å². The molecule has 2 aliphatic rings. The maximum atomic E-state index is 13.4. The smallest absolute Gasteiger partial charge is 0.123 e. The van der Waals surface area contributed by atoms with Crippen molar-refractivity contribution in [3.63, 3.8) is 0 Å². The highest BCUT2D eigenvalue weighted by Crippen LogP contribution is 2.55. The van der Waals surface area contributed by atoms with Crippen molar-refractivity contribution in [3.05, 3.63) is 34.6 Å². The first-order valence-electron chi connectivity index (χ1n) is 6.97. The summed E-state index contributed by atoms with van der Waals surface area (Å²) < 4.78 is 13.4. The third kappa shape index (κ3) is 2.03. The van der Waals surface area contributed by atoms with Crippen LogP contribution in [0.25, 0.3) is 0 Å². The van der Waals surface area contributed by atoms with Gasteiger partial charge in [0.25, 0.3) is 0 Å². The summed E-state index contributed by atoms with van der Waals surface area (Å²) in [5.74, 6) is 2.50. The fourth-order valence-electron chi connectivity index (χ4n) is 4.22. The van der Waals surface area contributed by atoms with Gasteiger partial charge in [-0.15, -0.1) is 0 Å². The van der Waals surface area contributed by atoms with Crippen molar-refractivity contribution in [1.82, 2.24) is 0 Å². The van der Waals surface area contributed by atoms with Crippen LogP contribution in [0.3, 0.4) is 0 Å². The summed E-state index contributed by atoms with van der Waals surface area (Å²) in [5.41, 5.74) is 3.52. The Morgan fingerprint density at radius 2 is 1.83 bits per heavy atom. The summed E-state index contributed by atoms with van der Waals surface area (Å²) in [5, 5.41) is 0. The molecule has 0 N–H and O–H groups in total. The van der Waals surface area contributed by atoms with Crippen LogP contribution in [0.4, 0.5) is 4.39 Å². The van der Waals surface area contributed by atoms with Crippen LogP contribution >= 0.6 is 15.9 Å². The maximum absolute atomic E-state index is 13.4. The van der Waals surface area contributed by atoms with Crippen LogP contribution in [0.2, 0.25) is 0 Å². The predicted octanol–water partition coefficient (Wildman–Crippen LogP) is 5.31. The molecule has 0 saturated heterocycles. The van der Waals surface area contributed by atoms with Crippen LogP contribution in [-0.4, -0.2) is 0 Å². The average Bonchev–Trinajstić information content (AvgIpc) is 2.88. The maximum Gasteiger partial charge on any atom is 0.123 e. The van der Waals surface area contributed by atoms with Crippen molar-refractivity contribution >= 4 is 15.9 Å². The van der Waals surface area contributed by atoms with Crippen molar-refractivity contribution in [2.24, 2.45) is 17.8 Å². The molecule has 4 atom stereocenters. The third-order valence-electron chi connectivity index (χ3n) is 5.00. The van der Waals surface area contributed by atoms with Gasteiger partial charge in [0.15, 0.2) is 0 Å². The van der Waals surface area contributed by atoms with E-state index in [1.807, 2.05) is 13.8 Å². The largest absolute Gasteiger partial charge is 0.207 e. The molecular formula is C16H20BrF. The number of rotatable bonds is 2. The van der Waals surface area contributed by atoms with Crippen LogP contribution in [0.5, 0.6) is 0 Å². The second-order valence-electron chi connectivity index (χ2n) is 6.19. The van der Waals surface area contributed by atoms with Crippen LogP contribution in [0.1, 0.15) is 47.2 Å². The Balaban J connectivity index is 1.91. The van der Waals surface area contributed by atoms with Gasteiger partial charge in [-0.05, 0) is 79.7 Å². The number of hydrogen-bond acceptors (Lipinski definition) is 0. The second kappa shape index (κ2) is 4.63. The fraction of sp³-hybridized carbons (Fsp3) is 0.625. The number of fused-ring (bicyclic) bond motifs is 2. The van der Waals surface area contributed by atoms with E-state index in [4.69, 9.17) is 0 Å². The van der Waals surface area contributed by atoms with Crippen LogP contribution in [-0.2, 0) is 0 Å². The van der Waals surface area contributed by atoms with E-state index in [1.54, 1.807) is 12.1 Å². The molecule has 1 aromatic rings. The van der Waals surface area contributed by atoms with Gasteiger partial charge in [0.05, 0.1) is 0 Å². The van der Waals surface area contributed by atoms with Gasteiger partial charge in [-0.1, -0.05) is 22.4 Å². The summed E-state index contributed by atoms with van der Waals surface area (Å²) >= 11 is 3.92. The van der Waals surface area contributed by atoms with E-state index in [-0.39, 0.29) is 5.82 Å². The Labute approximate surface area is 117 Å². The zero-order valence-corrected chi connectivity index (χ0v) is 12.6. The Kier molecular flexibility index (Phi) is 3.25. The monoisotopic (exact) mass is 310 g/mol. The molecule has 0 spiro atoms. The Morgan fingerprint density at radius 1 is 1.17 bits per heavy atom. The van der Waals surface area contributed by atoms with E-state index in [9.17, 15) is 4.39 Å². The molecule has 2 bridgehead atoms. The molecule has 0 nitrogen and oxygen atoms in total. The molecule has 2 heteroatoms. The molecule has 2 fully saturated rings. The van der Waals surface area contributed by atoms with E-state index in [0.29, 0.717) is 4.83 Å². The Bertz CT molecular complexity index is 445. The molecule has 0 radical (unpaired) electrons. The molecule has 3 rings (SSSR count). The summed E-state index contributed by atoms with van der Waals surface area (Å²) in [6.07, 6.45) is 5.61. The first kappa shape index (κ1) is 12.7. The van der Waals surface area contributed by atoms with Gasteiger partial charge in [-0.3, -0.25) is 0 Å². The van der Waals surface area contributed by atoms with Gasteiger partial charge in [0, 0.05) is 4.83 Å². The third-order valence-corrected chi connectivity index (χ3v) is 6.14. The lowest BCUT2D eigenvalue weighted by molar-refractivity contribution is 0.328. The standard InChI is InChI=1S/C16H20BrF/c1-9-5-13(18)6-10(2)15(9)16(17)14-8-11-3-4-12(14)7-11/h5-6,11-12,14,16H,3-4,7-8H2,1-2H3. The molecule has 18 heavy (non-hydrogen) atoms. The van der Waals surface area contributed by atoms with Crippen molar-refractivity contribution < 1.29 is 4.39 Å². The number of aryl methyl sites for hydroxylation is 2. The Morgan fingerprint density at radius 3 is 2.33 bits per heavy atom. The molecule has 98 valence electrons. The minimum absolute atomic E-state index is 0.110. The van der Waals surface area contributed by atoms with Crippen molar-refractivity contribution in [1.29, 1.82) is 0 Å². The lowest BCUT2D eigenvalue weighted by atomic mass is 9.82. The molecule has 1 aromatic carbocycles. The lowest BCUT2D eigenvalue weighted by Crippen LogP contribution is -2.17. The summed E-state index contributed by atoms with van der Waals surface area (Å²) in [4.78, 5) is 0.411. The first-order chi connectivity index (χ1) is 8.56. The van der Waals surface area contributed by atoms with E-state index in [1.165, 1.54) is 31.2 Å². The summed E-state index contributed by atoms with van der Waals surface area (Å²) in [6, 6.07) is 3.34. The van der Waals surface area contributed by atoms with Gasteiger partial charge in [-0.2, -0.15) is 0 Å². The van der Waals surface area contributed by atoms with Crippen LogP contribution in [0, 0.1) is 37.4 Å². The average molecular weight is 311 g/mol. The van der Waals surface area contributed by atoms with E-state index in [0.717, 1.165) is 28.9 Å². The van der Waals surface area contributed by atoms with Crippen molar-refractivity contribution in [2.45, 2.75) is 44.4 Å². The van der Waals surface area contributed by atoms with Crippen LogP contribution < -0.4 is 0 Å². The quantitative estimate of drug-likeness (QED) is 0.649. The minimum Gasteiger partial charge on any atom is -0.207 e. The zero-order chi connectivity index (χ0) is 12.9. The minimum atomic E-state index is -0.110. The molecule has 2 saturated carbocycles. The lowest BCUT2D eigenvalue weighted by Gasteiger charge is -2.29. The second-order valence-corrected chi connectivity index (χ2v) is 7.18. The van der Waals surface area contributed by atoms with Gasteiger partial charge in [0.2, 0.25) is 0 Å². The van der Waals surface area contributed by atoms with Gasteiger partial charge in [-0.25, -0.2) is 4.39 Å². The molecule has 0 amide bonds. The number of halogens is 2. The van der Waals surface area contributed by atoms with Gasteiger partial charge in [0.1, 0.15) is 5.82 Å². The highest BCUT2D eigenvalue weighted by atomic mass is 79.9. The van der Waals surface area contributed by atoms with E-state index >= 15 is 0 Å². The summed E-state index contributed by atoms with van der Waals surface area (Å²) in [6.45, 7) is 4.07. The molecule has 4 unspecified atom stereocenters. The molecule has 0 heterocycles. The fourth-order valence-corrected chi connectivity index (χ4v) is 5.59. The highest BCUT2D eigenvalue weighted by molar-refractivity contribution is 9.09. The molecule has 2 aliphatic carbocycles. The molecule has 0 aliphatic heterocycles. The normalized spacial score (nSPS) is 31.9. The number of alkyl halides is 1. The zero-order valence-electron chi connectivity index (χ0n) is 11.0. The Hall–Kier alpha value is -0.370. The van der Waals surface area contributed by atoms with Crippen LogP contribution in [0.15, 0.2) is 12.1 Å². The SMILES string of the molecule is Cc1cc(F)cc(C)c1C(Br)C1CC2CCC1C2. The van der Waals surface area contributed by atoms with Gasteiger partial charge < -0.3 is 0 Å². The molecule has 0 aromatic heterocycles. The van der Waals surface area contributed by atoms with Crippen molar-refractivity contribution in [2.75, 3.05) is 0 Å². The highest BCUT2D eigenvalue weighted by Gasteiger charge is 2.43. The van der Waals surface area contributed by atoms with E-state index in [2.05, 4.69) is 15.9 Å². The number of benzene rings is 1. The first-order valence-corrected chi connectivity index (χ1v) is 7.88. The summed E-state index contributed by atoms with van der Waals surface area (Å²) in [7, 11) is 0. The van der Waals surface area contributed by atoms with Gasteiger partial charge >= 0.3 is 0 Å². The van der Waals surface area contributed by atoms with Crippen molar-refractivity contribution in [3.8, 4) is 0 Å². The topological polar surface area (TPSA) is 0 Å². The molecular weight excluding hydrogens is 291 g/mol. The predicted molar refractivity (Wildman–Crippen MR) is 76.5 cm³/mol. The number of hydrogen-bond donors (Lipinski definition) is 0.